The molecule has 1 unspecified atom stereocenters. The summed E-state index contributed by atoms with van der Waals surface area (Å²) in [7, 11) is 0. The van der Waals surface area contributed by atoms with E-state index >= 15 is 0 Å². The van der Waals surface area contributed by atoms with Gasteiger partial charge >= 0.3 is 0 Å². The molecule has 0 aromatic heterocycles. The molecule has 0 heterocycles. The molecule has 1 nitrogen and oxygen atoms in total. The number of fused-ring (bicyclic) bond motifs is 2. The molecule has 0 bridgehead atoms. The summed E-state index contributed by atoms with van der Waals surface area (Å²) in [6.07, 6.45) is 1.11. The van der Waals surface area contributed by atoms with E-state index in [1.54, 1.807) is 0 Å². The first-order valence-corrected chi connectivity index (χ1v) is 8.11. The van der Waals surface area contributed by atoms with Gasteiger partial charge in [0.1, 0.15) is 0 Å². The third kappa shape index (κ3) is 2.30. The standard InChI is InChI=1S/C21H24O/c1-5-14(2)19-15-10-6-8-12-17(15)20(21(3,4)22)18-13-9-7-11-16(18)19/h6-14,22H,5H2,1-4H3. The van der Waals surface area contributed by atoms with Gasteiger partial charge in [-0.3, -0.25) is 0 Å². The normalized spacial score (nSPS) is 13.7. The Morgan fingerprint density at radius 2 is 1.27 bits per heavy atom. The maximum atomic E-state index is 10.8. The minimum absolute atomic E-state index is 0.491. The van der Waals surface area contributed by atoms with E-state index in [9.17, 15) is 5.11 Å². The fraction of sp³-hybridized carbons (Fsp3) is 0.333. The van der Waals surface area contributed by atoms with Gasteiger partial charge in [-0.25, -0.2) is 0 Å². The van der Waals surface area contributed by atoms with Crippen LogP contribution in [0.2, 0.25) is 0 Å². The monoisotopic (exact) mass is 292 g/mol. The van der Waals surface area contributed by atoms with Crippen molar-refractivity contribution in [3.8, 4) is 0 Å². The van der Waals surface area contributed by atoms with Crippen molar-refractivity contribution < 1.29 is 5.11 Å². The van der Waals surface area contributed by atoms with E-state index in [-0.39, 0.29) is 0 Å². The Morgan fingerprint density at radius 1 is 0.864 bits per heavy atom. The van der Waals surface area contributed by atoms with Gasteiger partial charge in [0, 0.05) is 0 Å². The van der Waals surface area contributed by atoms with Gasteiger partial charge in [-0.2, -0.15) is 0 Å². The molecule has 1 N–H and O–H groups in total. The van der Waals surface area contributed by atoms with Crippen LogP contribution >= 0.6 is 0 Å². The van der Waals surface area contributed by atoms with Crippen LogP contribution in [0, 0.1) is 0 Å². The van der Waals surface area contributed by atoms with Crippen molar-refractivity contribution in [2.45, 2.75) is 45.6 Å². The molecule has 0 amide bonds. The Hall–Kier alpha value is -1.86. The lowest BCUT2D eigenvalue weighted by atomic mass is 9.81. The number of aliphatic hydroxyl groups is 1. The molecular weight excluding hydrogens is 268 g/mol. The summed E-state index contributed by atoms with van der Waals surface area (Å²) in [5.74, 6) is 0.491. The SMILES string of the molecule is CCC(C)c1c2ccccc2c(C(C)(C)O)c2ccccc12. The average Bonchev–Trinajstić information content (AvgIpc) is 2.50. The van der Waals surface area contributed by atoms with Gasteiger partial charge < -0.3 is 5.11 Å². The van der Waals surface area contributed by atoms with Crippen LogP contribution in [-0.2, 0) is 5.60 Å². The lowest BCUT2D eigenvalue weighted by Crippen LogP contribution is -2.17. The molecule has 0 aliphatic heterocycles. The van der Waals surface area contributed by atoms with Gasteiger partial charge in [0.2, 0.25) is 0 Å². The van der Waals surface area contributed by atoms with Crippen LogP contribution in [0.25, 0.3) is 21.5 Å². The van der Waals surface area contributed by atoms with Gasteiger partial charge in [-0.1, -0.05) is 62.4 Å². The lowest BCUT2D eigenvalue weighted by Gasteiger charge is -2.26. The molecule has 3 aromatic carbocycles. The van der Waals surface area contributed by atoms with Crippen molar-refractivity contribution in [3.05, 3.63) is 59.7 Å². The van der Waals surface area contributed by atoms with Gasteiger partial charge in [0.25, 0.3) is 0 Å². The third-order valence-corrected chi connectivity index (χ3v) is 4.69. The van der Waals surface area contributed by atoms with E-state index in [4.69, 9.17) is 0 Å². The molecule has 3 rings (SSSR count). The number of benzene rings is 3. The fourth-order valence-corrected chi connectivity index (χ4v) is 3.56. The van der Waals surface area contributed by atoms with Crippen molar-refractivity contribution in [1.29, 1.82) is 0 Å². The summed E-state index contributed by atoms with van der Waals surface area (Å²) in [4.78, 5) is 0. The fourth-order valence-electron chi connectivity index (χ4n) is 3.56. The molecule has 3 aromatic rings. The van der Waals surface area contributed by atoms with Crippen molar-refractivity contribution in [3.63, 3.8) is 0 Å². The summed E-state index contributed by atoms with van der Waals surface area (Å²) in [6, 6.07) is 17.0. The average molecular weight is 292 g/mol. The van der Waals surface area contributed by atoms with Crippen LogP contribution in [0.4, 0.5) is 0 Å². The van der Waals surface area contributed by atoms with Crippen molar-refractivity contribution in [1.82, 2.24) is 0 Å². The quantitative estimate of drug-likeness (QED) is 0.611. The minimum atomic E-state index is -0.868. The molecule has 1 atom stereocenters. The van der Waals surface area contributed by atoms with Crippen LogP contribution in [0.5, 0.6) is 0 Å². The summed E-state index contributed by atoms with van der Waals surface area (Å²) in [6.45, 7) is 8.28. The predicted octanol–water partition coefficient (Wildman–Crippen LogP) is 5.73. The first kappa shape index (κ1) is 15.1. The van der Waals surface area contributed by atoms with Gasteiger partial charge in [0.05, 0.1) is 5.60 Å². The topological polar surface area (TPSA) is 20.2 Å². The number of rotatable bonds is 3. The second-order valence-corrected chi connectivity index (χ2v) is 6.75. The van der Waals surface area contributed by atoms with E-state index in [1.165, 1.54) is 27.1 Å². The second-order valence-electron chi connectivity index (χ2n) is 6.75. The smallest absolute Gasteiger partial charge is 0.0852 e. The maximum absolute atomic E-state index is 10.8. The minimum Gasteiger partial charge on any atom is -0.386 e. The Morgan fingerprint density at radius 3 is 1.64 bits per heavy atom. The molecule has 0 fully saturated rings. The molecule has 0 saturated heterocycles. The van der Waals surface area contributed by atoms with E-state index in [1.807, 2.05) is 13.8 Å². The highest BCUT2D eigenvalue weighted by atomic mass is 16.3. The first-order chi connectivity index (χ1) is 10.4. The van der Waals surface area contributed by atoms with Crippen LogP contribution in [0.3, 0.4) is 0 Å². The van der Waals surface area contributed by atoms with Crippen LogP contribution in [0.1, 0.15) is 51.2 Å². The molecule has 0 aliphatic rings. The molecule has 114 valence electrons. The van der Waals surface area contributed by atoms with Crippen molar-refractivity contribution >= 4 is 21.5 Å². The Balaban J connectivity index is 2.60. The molecule has 0 radical (unpaired) electrons. The maximum Gasteiger partial charge on any atom is 0.0852 e. The summed E-state index contributed by atoms with van der Waals surface area (Å²) >= 11 is 0. The number of hydrogen-bond donors (Lipinski definition) is 1. The summed E-state index contributed by atoms with van der Waals surface area (Å²) < 4.78 is 0. The summed E-state index contributed by atoms with van der Waals surface area (Å²) in [5, 5.41) is 15.7. The van der Waals surface area contributed by atoms with E-state index in [0.717, 1.165) is 12.0 Å². The molecule has 1 heteroatoms. The third-order valence-electron chi connectivity index (χ3n) is 4.69. The molecular formula is C21H24O. The Bertz CT molecular complexity index is 767. The Kier molecular flexibility index (Phi) is 3.70. The summed E-state index contributed by atoms with van der Waals surface area (Å²) in [5.41, 5.74) is 1.57. The van der Waals surface area contributed by atoms with E-state index in [2.05, 4.69) is 62.4 Å². The molecule has 22 heavy (non-hydrogen) atoms. The molecule has 0 aliphatic carbocycles. The Labute approximate surface area is 132 Å². The zero-order valence-corrected chi connectivity index (χ0v) is 13.9. The molecule has 0 spiro atoms. The highest BCUT2D eigenvalue weighted by molar-refractivity contribution is 6.06. The predicted molar refractivity (Wildman–Crippen MR) is 95.4 cm³/mol. The largest absolute Gasteiger partial charge is 0.386 e. The van der Waals surface area contributed by atoms with Crippen LogP contribution in [-0.4, -0.2) is 5.11 Å². The van der Waals surface area contributed by atoms with Crippen molar-refractivity contribution in [2.75, 3.05) is 0 Å². The van der Waals surface area contributed by atoms with Crippen LogP contribution in [0.15, 0.2) is 48.5 Å². The number of hydrogen-bond acceptors (Lipinski definition) is 1. The zero-order chi connectivity index (χ0) is 15.9. The molecule has 0 saturated carbocycles. The highest BCUT2D eigenvalue weighted by Crippen LogP contribution is 2.41. The van der Waals surface area contributed by atoms with E-state index < -0.39 is 5.60 Å². The van der Waals surface area contributed by atoms with Gasteiger partial charge in [0.15, 0.2) is 0 Å². The van der Waals surface area contributed by atoms with Crippen molar-refractivity contribution in [2.24, 2.45) is 0 Å². The second kappa shape index (κ2) is 5.40. The van der Waals surface area contributed by atoms with Gasteiger partial charge in [-0.05, 0) is 58.9 Å². The van der Waals surface area contributed by atoms with Gasteiger partial charge in [-0.15, -0.1) is 0 Å². The van der Waals surface area contributed by atoms with Crippen LogP contribution < -0.4 is 0 Å². The zero-order valence-electron chi connectivity index (χ0n) is 13.9. The van der Waals surface area contributed by atoms with E-state index in [0.29, 0.717) is 5.92 Å². The first-order valence-electron chi connectivity index (χ1n) is 8.11. The highest BCUT2D eigenvalue weighted by Gasteiger charge is 2.25. The lowest BCUT2D eigenvalue weighted by molar-refractivity contribution is 0.0817.